The number of hydrogen-bond acceptors (Lipinski definition) is 0. The van der Waals surface area contributed by atoms with Gasteiger partial charge in [-0.2, -0.15) is 22.2 Å². The highest BCUT2D eigenvalue weighted by Gasteiger charge is 1.77. The van der Waals surface area contributed by atoms with Gasteiger partial charge in [0.15, 0.2) is 0 Å². The molecule has 0 aromatic heterocycles. The van der Waals surface area contributed by atoms with Crippen molar-refractivity contribution in [1.82, 2.24) is 0 Å². The van der Waals surface area contributed by atoms with Crippen LogP contribution >= 0.6 is 22.2 Å². The number of allylic oxidation sites excluding steroid dienone is 1. The Hall–Kier alpha value is -0.243. The number of rotatable bonds is 1. The summed E-state index contributed by atoms with van der Waals surface area (Å²) in [5.41, 5.74) is 1.26. The van der Waals surface area contributed by atoms with E-state index in [1.54, 1.807) is 0 Å². The van der Waals surface area contributed by atoms with Gasteiger partial charge in [-0.25, -0.2) is 0 Å². The first kappa shape index (κ1) is 11.8. The molecule has 1 aromatic rings. The summed E-state index contributed by atoms with van der Waals surface area (Å²) in [7, 11) is -0.639. The van der Waals surface area contributed by atoms with Crippen molar-refractivity contribution in [3.05, 3.63) is 42.0 Å². The van der Waals surface area contributed by atoms with Crippen LogP contribution in [0.2, 0.25) is 0 Å². The second-order valence-corrected chi connectivity index (χ2v) is 4.64. The molecule has 0 fully saturated rings. The van der Waals surface area contributed by atoms with Gasteiger partial charge in [0, 0.05) is 0 Å². The molecule has 0 nitrogen and oxygen atoms in total. The molecule has 0 unspecified atom stereocenters. The molecule has 0 spiro atoms. The standard InChI is InChI=1S/C9H10.Cl2H2Si/c1-2-6-9-7-4-3-5-8-9;1-3-2/h2-8H,1H3;3H2. The fraction of sp³-hybridized carbons (Fsp3) is 0.111. The molecule has 3 heteroatoms. The minimum atomic E-state index is -0.639. The van der Waals surface area contributed by atoms with E-state index in [1.165, 1.54) is 5.56 Å². The molecule has 66 valence electrons. The van der Waals surface area contributed by atoms with Gasteiger partial charge >= 0.3 is 0 Å². The van der Waals surface area contributed by atoms with Crippen LogP contribution in [0.3, 0.4) is 0 Å². The van der Waals surface area contributed by atoms with Crippen molar-refractivity contribution in [3.63, 3.8) is 0 Å². The van der Waals surface area contributed by atoms with Crippen molar-refractivity contribution in [2.75, 3.05) is 0 Å². The number of benzene rings is 1. The Morgan fingerprint density at radius 3 is 2.08 bits per heavy atom. The van der Waals surface area contributed by atoms with Gasteiger partial charge in [0.05, 0.1) is 0 Å². The second-order valence-electron chi connectivity index (χ2n) is 2.01. The summed E-state index contributed by atoms with van der Waals surface area (Å²) >= 11 is 9.81. The van der Waals surface area contributed by atoms with Gasteiger partial charge in [-0.1, -0.05) is 42.5 Å². The lowest BCUT2D eigenvalue weighted by atomic mass is 10.2. The van der Waals surface area contributed by atoms with Gasteiger partial charge in [-0.05, 0) is 12.5 Å². The fourth-order valence-corrected chi connectivity index (χ4v) is 0.757. The van der Waals surface area contributed by atoms with Crippen LogP contribution in [0, 0.1) is 0 Å². The van der Waals surface area contributed by atoms with Crippen molar-refractivity contribution in [1.29, 1.82) is 0 Å². The summed E-state index contributed by atoms with van der Waals surface area (Å²) in [6.45, 7) is 2.02. The lowest BCUT2D eigenvalue weighted by Gasteiger charge is -1.86. The SMILES string of the molecule is CC=Cc1ccccc1.Cl[SiH2]Cl. The average Bonchev–Trinajstić information content (AvgIpc) is 2.08. The summed E-state index contributed by atoms with van der Waals surface area (Å²) in [4.78, 5) is 0. The van der Waals surface area contributed by atoms with Crippen molar-refractivity contribution in [2.45, 2.75) is 6.92 Å². The zero-order valence-electron chi connectivity index (χ0n) is 7.00. The molecule has 1 aromatic carbocycles. The highest BCUT2D eigenvalue weighted by atomic mass is 35.7. The lowest BCUT2D eigenvalue weighted by Crippen LogP contribution is -1.65. The molecule has 0 saturated carbocycles. The summed E-state index contributed by atoms with van der Waals surface area (Å²) in [6.07, 6.45) is 4.12. The van der Waals surface area contributed by atoms with Crippen LogP contribution < -0.4 is 0 Å². The summed E-state index contributed by atoms with van der Waals surface area (Å²) in [5, 5.41) is 0. The van der Waals surface area contributed by atoms with Gasteiger partial charge in [-0.15, -0.1) is 0 Å². The minimum Gasteiger partial charge on any atom is -0.155 e. The molecule has 0 aliphatic rings. The van der Waals surface area contributed by atoms with Crippen molar-refractivity contribution >= 4 is 36.4 Å². The Morgan fingerprint density at radius 2 is 1.67 bits per heavy atom. The van der Waals surface area contributed by atoms with Crippen LogP contribution in [0.4, 0.5) is 0 Å². The quantitative estimate of drug-likeness (QED) is 0.502. The van der Waals surface area contributed by atoms with E-state index in [2.05, 4.69) is 18.2 Å². The maximum Gasteiger partial charge on any atom is 0.222 e. The normalized spacial score (nSPS) is 9.25. The maximum atomic E-state index is 4.90. The summed E-state index contributed by atoms with van der Waals surface area (Å²) in [6, 6.07) is 10.3. The average molecular weight is 219 g/mol. The molecule has 0 radical (unpaired) electrons. The Balaban J connectivity index is 0.000000354. The summed E-state index contributed by atoms with van der Waals surface area (Å²) < 4.78 is 0. The molecule has 0 heterocycles. The molecule has 0 saturated heterocycles. The Morgan fingerprint density at radius 1 is 1.17 bits per heavy atom. The third-order valence-electron chi connectivity index (χ3n) is 1.16. The molecular formula is C9H12Cl2Si. The predicted octanol–water partition coefficient (Wildman–Crippen LogP) is 3.18. The second kappa shape index (κ2) is 8.85. The molecule has 1 rings (SSSR count). The van der Waals surface area contributed by atoms with Gasteiger partial charge in [-0.3, -0.25) is 0 Å². The Kier molecular flexibility index (Phi) is 8.67. The zero-order valence-corrected chi connectivity index (χ0v) is 9.93. The molecular weight excluding hydrogens is 207 g/mol. The van der Waals surface area contributed by atoms with E-state index in [0.29, 0.717) is 0 Å². The molecule has 0 atom stereocenters. The molecule has 0 amide bonds. The van der Waals surface area contributed by atoms with Gasteiger partial charge in [0.2, 0.25) is 8.14 Å². The maximum absolute atomic E-state index is 4.90. The van der Waals surface area contributed by atoms with Crippen molar-refractivity contribution in [2.24, 2.45) is 0 Å². The molecule has 0 bridgehead atoms. The molecule has 0 aliphatic carbocycles. The van der Waals surface area contributed by atoms with E-state index in [4.69, 9.17) is 22.2 Å². The van der Waals surface area contributed by atoms with Crippen molar-refractivity contribution in [3.8, 4) is 0 Å². The van der Waals surface area contributed by atoms with E-state index in [1.807, 2.05) is 31.2 Å². The smallest absolute Gasteiger partial charge is 0.155 e. The van der Waals surface area contributed by atoms with Crippen molar-refractivity contribution < 1.29 is 0 Å². The Labute approximate surface area is 85.4 Å². The van der Waals surface area contributed by atoms with E-state index in [9.17, 15) is 0 Å². The largest absolute Gasteiger partial charge is 0.222 e. The third kappa shape index (κ3) is 6.47. The van der Waals surface area contributed by atoms with E-state index in [-0.39, 0.29) is 0 Å². The van der Waals surface area contributed by atoms with Crippen LogP contribution in [0.5, 0.6) is 0 Å². The highest BCUT2D eigenvalue weighted by Crippen LogP contribution is 1.99. The van der Waals surface area contributed by atoms with Crippen LogP contribution in [-0.4, -0.2) is 8.14 Å². The van der Waals surface area contributed by atoms with Gasteiger partial charge in [0.1, 0.15) is 0 Å². The summed E-state index contributed by atoms with van der Waals surface area (Å²) in [5.74, 6) is 0. The van der Waals surface area contributed by atoms with Gasteiger partial charge < -0.3 is 0 Å². The monoisotopic (exact) mass is 218 g/mol. The predicted molar refractivity (Wildman–Crippen MR) is 61.4 cm³/mol. The zero-order chi connectivity index (χ0) is 9.23. The topological polar surface area (TPSA) is 0 Å². The van der Waals surface area contributed by atoms with E-state index < -0.39 is 8.14 Å². The minimum absolute atomic E-state index is 0.639. The first-order chi connectivity index (χ1) is 5.85. The molecule has 12 heavy (non-hydrogen) atoms. The molecule has 0 N–H and O–H groups in total. The van der Waals surface area contributed by atoms with Crippen LogP contribution in [0.25, 0.3) is 6.08 Å². The Bertz CT molecular complexity index is 209. The fourth-order valence-electron chi connectivity index (χ4n) is 0.757. The van der Waals surface area contributed by atoms with Gasteiger partial charge in [0.25, 0.3) is 0 Å². The van der Waals surface area contributed by atoms with E-state index >= 15 is 0 Å². The van der Waals surface area contributed by atoms with Crippen LogP contribution in [0.1, 0.15) is 12.5 Å². The molecule has 0 aliphatic heterocycles. The third-order valence-corrected chi connectivity index (χ3v) is 1.16. The van der Waals surface area contributed by atoms with Crippen LogP contribution in [0.15, 0.2) is 36.4 Å². The number of halogens is 2. The first-order valence-corrected chi connectivity index (χ1v) is 7.92. The highest BCUT2D eigenvalue weighted by molar-refractivity contribution is 7.22. The number of hydrogen-bond donors (Lipinski definition) is 0. The van der Waals surface area contributed by atoms with E-state index in [0.717, 1.165) is 0 Å². The first-order valence-electron chi connectivity index (χ1n) is 3.64. The van der Waals surface area contributed by atoms with Crippen LogP contribution in [-0.2, 0) is 0 Å². The lowest BCUT2D eigenvalue weighted by molar-refractivity contribution is 1.64.